The van der Waals surface area contributed by atoms with Gasteiger partial charge in [0.15, 0.2) is 0 Å². The van der Waals surface area contributed by atoms with Crippen LogP contribution in [0.4, 0.5) is 11.6 Å². The van der Waals surface area contributed by atoms with Crippen LogP contribution in [0.5, 0.6) is 0 Å². The molecule has 7 unspecified atom stereocenters. The van der Waals surface area contributed by atoms with Gasteiger partial charge in [-0.15, -0.1) is 0 Å². The number of nitrogens with zero attached hydrogens (tertiary/aromatic N) is 7. The molecule has 4 aromatic rings. The van der Waals surface area contributed by atoms with E-state index in [9.17, 15) is 0 Å². The van der Waals surface area contributed by atoms with Gasteiger partial charge in [-0.1, -0.05) is 0 Å². The van der Waals surface area contributed by atoms with E-state index in [-0.39, 0.29) is 0 Å². The molecular weight excluding hydrogens is 841 g/mol. The van der Waals surface area contributed by atoms with Gasteiger partial charge in [0.05, 0.1) is 0 Å². The number of allylic oxidation sites excluding steroid dienone is 1. The van der Waals surface area contributed by atoms with Crippen LogP contribution in [0.25, 0.3) is 10.8 Å². The Bertz CT molecular complexity index is 2880. The first-order chi connectivity index (χ1) is 30.7. The molecule has 3 aromatic carbocycles. The van der Waals surface area contributed by atoms with Crippen molar-refractivity contribution in [1.29, 1.82) is 0 Å². The molecule has 6 saturated carbocycles. The number of aromatic nitrogens is 1. The number of hydrogen-bond donors (Lipinski definition) is 1. The van der Waals surface area contributed by atoms with E-state index in [2.05, 4.69) is 125 Å². The van der Waals surface area contributed by atoms with Gasteiger partial charge in [-0.25, -0.2) is 0 Å². The van der Waals surface area contributed by atoms with Crippen LogP contribution in [0.3, 0.4) is 0 Å². The van der Waals surface area contributed by atoms with Crippen LogP contribution < -0.4 is 5.32 Å². The zero-order valence-electron chi connectivity index (χ0n) is 36.6. The van der Waals surface area contributed by atoms with Crippen molar-refractivity contribution in [3.05, 3.63) is 118 Å². The molecule has 0 amide bonds. The minimum absolute atomic E-state index is 0.300. The van der Waals surface area contributed by atoms with Crippen LogP contribution in [0.15, 0.2) is 121 Å². The molecule has 6 fully saturated rings. The molecule has 7 aliphatic carbocycles. The number of fused-ring (bicyclic) bond motifs is 17. The molecule has 6 heterocycles. The van der Waals surface area contributed by atoms with E-state index in [1.54, 1.807) is 0 Å². The SMILES string of the molecule is CC1(C)C2CCC(C[O][Ge]3([O]CC4CCC5CC4C5(C)C)[N]4C5=NC6=NC(=Nc7c8ccccc8c([n]73)N=C3N=C(NC4c4ccccc45)c4ccccc43)C3=C6C=CCC3)C1C2. The molecular formula is C52H54GeN8O2. The first-order valence-corrected chi connectivity index (χ1v) is 27.3. The summed E-state index contributed by atoms with van der Waals surface area (Å²) in [6.07, 6.45) is 13.2. The predicted octanol–water partition coefficient (Wildman–Crippen LogP) is 10.4. The topological polar surface area (TPSA) is 100 Å². The second-order valence-corrected chi connectivity index (χ2v) is 26.6. The molecule has 0 spiro atoms. The van der Waals surface area contributed by atoms with Crippen molar-refractivity contribution >= 4 is 66.0 Å². The second kappa shape index (κ2) is 13.1. The van der Waals surface area contributed by atoms with Crippen LogP contribution in [-0.2, 0) is 7.53 Å². The van der Waals surface area contributed by atoms with Crippen molar-refractivity contribution in [2.24, 2.45) is 71.3 Å². The Balaban J connectivity index is 1.09. The summed E-state index contributed by atoms with van der Waals surface area (Å²) in [5, 5.41) is 6.10. The van der Waals surface area contributed by atoms with Crippen LogP contribution >= 0.6 is 0 Å². The molecule has 12 aliphatic rings. The van der Waals surface area contributed by atoms with Gasteiger partial charge < -0.3 is 0 Å². The monoisotopic (exact) mass is 896 g/mol. The van der Waals surface area contributed by atoms with Crippen molar-refractivity contribution in [2.75, 3.05) is 13.2 Å². The Kier molecular flexibility index (Phi) is 7.79. The number of nitrogens with one attached hydrogen (secondary N) is 1. The average Bonchev–Trinajstić information content (AvgIpc) is 4.03. The Morgan fingerprint density at radius 1 is 0.667 bits per heavy atom. The van der Waals surface area contributed by atoms with Gasteiger partial charge in [0.1, 0.15) is 0 Å². The van der Waals surface area contributed by atoms with E-state index in [0.717, 1.165) is 98.0 Å². The molecule has 16 rings (SSSR count). The van der Waals surface area contributed by atoms with E-state index in [1.807, 2.05) is 0 Å². The summed E-state index contributed by atoms with van der Waals surface area (Å²) in [4.78, 5) is 28.0. The molecule has 0 saturated heterocycles. The second-order valence-electron chi connectivity index (χ2n) is 21.2. The Hall–Kier alpha value is -4.91. The van der Waals surface area contributed by atoms with E-state index < -0.39 is 20.6 Å². The average molecular weight is 896 g/mol. The van der Waals surface area contributed by atoms with E-state index in [1.165, 1.54) is 38.5 Å². The predicted molar refractivity (Wildman–Crippen MR) is 251 cm³/mol. The van der Waals surface area contributed by atoms with Gasteiger partial charge >= 0.3 is 374 Å². The van der Waals surface area contributed by atoms with Crippen molar-refractivity contribution in [1.82, 2.24) is 12.7 Å². The molecule has 63 heavy (non-hydrogen) atoms. The third kappa shape index (κ3) is 5.06. The molecule has 10 bridgehead atoms. The Morgan fingerprint density at radius 3 is 1.95 bits per heavy atom. The quantitative estimate of drug-likeness (QED) is 0.195. The number of aliphatic imine (C=N–C) groups is 5. The van der Waals surface area contributed by atoms with Crippen molar-refractivity contribution in [3.63, 3.8) is 0 Å². The van der Waals surface area contributed by atoms with Crippen LogP contribution in [0.1, 0.15) is 107 Å². The molecule has 5 aliphatic heterocycles. The molecule has 10 nitrogen and oxygen atoms in total. The third-order valence-electron chi connectivity index (χ3n) is 17.8. The standard InChI is InChI=1S/C52H54GeN8O2/c1-51(2)31-23-21-29(41(51)25-31)27-62-53(63-28-30-22-24-32-26-42(30)52(32,3)4)60-47-37-17-9-10-18-38(37)49(60)58-45-35-15-7-8-16-36(35)46(55-45)59-50-40-20-12-11-19-39(40)48(61(50)53)57-44-34-14-6-5-13-33(34)43(54-44)56-47/h5-7,9-15,17-20,29-32,41-42,47H,8,16,21-28H2,1-4H3,(H,54,56,57). The van der Waals surface area contributed by atoms with Gasteiger partial charge in [-0.2, -0.15) is 0 Å². The van der Waals surface area contributed by atoms with Gasteiger partial charge in [0.25, 0.3) is 0 Å². The summed E-state index contributed by atoms with van der Waals surface area (Å²) in [6, 6.07) is 25.9. The summed E-state index contributed by atoms with van der Waals surface area (Å²) in [5.41, 5.74) is 7.02. The van der Waals surface area contributed by atoms with Crippen molar-refractivity contribution in [3.8, 4) is 0 Å². The first-order valence-electron chi connectivity index (χ1n) is 23.7. The number of amidine groups is 5. The first kappa shape index (κ1) is 37.5. The van der Waals surface area contributed by atoms with Gasteiger partial charge in [-0.3, -0.25) is 0 Å². The Morgan fingerprint density at radius 2 is 1.29 bits per heavy atom. The van der Waals surface area contributed by atoms with E-state index >= 15 is 0 Å². The molecule has 1 N–H and O–H groups in total. The fourth-order valence-corrected chi connectivity index (χ4v) is 21.4. The number of benzene rings is 3. The van der Waals surface area contributed by atoms with Crippen LogP contribution in [-0.4, -0.2) is 64.2 Å². The number of rotatable bonds is 6. The minimum atomic E-state index is -4.96. The van der Waals surface area contributed by atoms with Crippen molar-refractivity contribution < 1.29 is 7.53 Å². The summed E-state index contributed by atoms with van der Waals surface area (Å²) in [7, 11) is 0. The maximum atomic E-state index is 8.23. The zero-order chi connectivity index (χ0) is 42.0. The fourth-order valence-electron chi connectivity index (χ4n) is 14.0. The molecule has 318 valence electrons. The Labute approximate surface area is 372 Å². The third-order valence-corrected chi connectivity index (χ3v) is 24.4. The van der Waals surface area contributed by atoms with E-state index in [0.29, 0.717) is 59.4 Å². The van der Waals surface area contributed by atoms with Crippen molar-refractivity contribution in [2.45, 2.75) is 85.2 Å². The number of hydrogen-bond acceptors (Lipinski definition) is 9. The van der Waals surface area contributed by atoms with Crippen LogP contribution in [0.2, 0.25) is 0 Å². The van der Waals surface area contributed by atoms with Gasteiger partial charge in [-0.05, 0) is 0 Å². The summed E-state index contributed by atoms with van der Waals surface area (Å²) < 4.78 is 21.4. The molecule has 11 heteroatoms. The molecule has 0 radical (unpaired) electrons. The maximum absolute atomic E-state index is 8.23. The normalized spacial score (nSPS) is 32.8. The van der Waals surface area contributed by atoms with Gasteiger partial charge in [0.2, 0.25) is 0 Å². The van der Waals surface area contributed by atoms with Crippen LogP contribution in [0, 0.1) is 46.3 Å². The summed E-state index contributed by atoms with van der Waals surface area (Å²) in [5.74, 6) is 8.96. The molecule has 7 atom stereocenters. The van der Waals surface area contributed by atoms with E-state index in [4.69, 9.17) is 32.5 Å². The van der Waals surface area contributed by atoms with Gasteiger partial charge in [0, 0.05) is 0 Å². The molecule has 1 aromatic heterocycles. The zero-order valence-corrected chi connectivity index (χ0v) is 38.7. The summed E-state index contributed by atoms with van der Waals surface area (Å²) in [6.45, 7) is 11.2. The fraction of sp³-hybridized carbons (Fsp3) is 0.442. The summed E-state index contributed by atoms with van der Waals surface area (Å²) >= 11 is -4.96.